The second kappa shape index (κ2) is 12.0. The molecule has 2 aromatic carbocycles. The SMILES string of the molecule is COc1cc(OC(=O)c2ccc(NC(=N)N)cc2)ccc1CNS(=O)(=O)N(C)[C@@H](CC(=O)O)C(=O)O. The maximum absolute atomic E-state index is 12.5. The summed E-state index contributed by atoms with van der Waals surface area (Å²) in [5, 5.41) is 27.8. The predicted molar refractivity (Wildman–Crippen MR) is 127 cm³/mol. The first kappa shape index (κ1) is 28.0. The topological polar surface area (TPSA) is 221 Å². The Hall–Kier alpha value is -4.21. The Bertz CT molecular complexity index is 1250. The van der Waals surface area contributed by atoms with Crippen molar-refractivity contribution < 1.29 is 42.5 Å². The van der Waals surface area contributed by atoms with Crippen LogP contribution in [0.4, 0.5) is 5.69 Å². The van der Waals surface area contributed by atoms with Gasteiger partial charge >= 0.3 is 17.9 Å². The zero-order chi connectivity index (χ0) is 27.0. The highest BCUT2D eigenvalue weighted by Gasteiger charge is 2.33. The molecule has 15 heteroatoms. The number of carbonyl (C=O) groups is 3. The van der Waals surface area contributed by atoms with Crippen LogP contribution >= 0.6 is 0 Å². The molecule has 2 rings (SSSR count). The average molecular weight is 524 g/mol. The number of hydrogen-bond acceptors (Lipinski definition) is 8. The van der Waals surface area contributed by atoms with Crippen molar-refractivity contribution in [3.05, 3.63) is 53.6 Å². The summed E-state index contributed by atoms with van der Waals surface area (Å²) in [6.45, 7) is -0.325. The number of ether oxygens (including phenoxy) is 2. The van der Waals surface area contributed by atoms with Crippen molar-refractivity contribution in [2.45, 2.75) is 19.0 Å². The van der Waals surface area contributed by atoms with Crippen molar-refractivity contribution in [1.29, 1.82) is 5.41 Å². The number of aliphatic carboxylic acids is 2. The van der Waals surface area contributed by atoms with Crippen molar-refractivity contribution in [3.8, 4) is 11.5 Å². The highest BCUT2D eigenvalue weighted by atomic mass is 32.2. The summed E-state index contributed by atoms with van der Waals surface area (Å²) in [6, 6.07) is 8.42. The van der Waals surface area contributed by atoms with Gasteiger partial charge in [0.05, 0.1) is 19.1 Å². The lowest BCUT2D eigenvalue weighted by atomic mass is 10.2. The normalized spacial score (nSPS) is 12.0. The first-order valence-corrected chi connectivity index (χ1v) is 11.6. The number of carboxylic acid groups (broad SMARTS) is 2. The first-order chi connectivity index (χ1) is 16.8. The lowest BCUT2D eigenvalue weighted by molar-refractivity contribution is -0.147. The summed E-state index contributed by atoms with van der Waals surface area (Å²) in [7, 11) is -2.11. The minimum Gasteiger partial charge on any atom is -0.496 e. The van der Waals surface area contributed by atoms with Crippen LogP contribution in [0.3, 0.4) is 0 Å². The van der Waals surface area contributed by atoms with Gasteiger partial charge in [-0.3, -0.25) is 15.0 Å². The predicted octanol–water partition coefficient (Wildman–Crippen LogP) is 0.414. The van der Waals surface area contributed by atoms with Crippen LogP contribution in [0, 0.1) is 5.41 Å². The number of hydrogen-bond donors (Lipinski definition) is 6. The molecular formula is C21H25N5O9S. The van der Waals surface area contributed by atoms with E-state index in [1.165, 1.54) is 49.6 Å². The van der Waals surface area contributed by atoms with Gasteiger partial charge in [0.2, 0.25) is 0 Å². The molecule has 7 N–H and O–H groups in total. The van der Waals surface area contributed by atoms with E-state index in [1.807, 2.05) is 0 Å². The summed E-state index contributed by atoms with van der Waals surface area (Å²) < 4.78 is 38.2. The van der Waals surface area contributed by atoms with Crippen LogP contribution < -0.4 is 25.2 Å². The van der Waals surface area contributed by atoms with E-state index in [0.29, 0.717) is 15.6 Å². The Morgan fingerprint density at radius 1 is 1.14 bits per heavy atom. The lowest BCUT2D eigenvalue weighted by Gasteiger charge is -2.23. The highest BCUT2D eigenvalue weighted by Crippen LogP contribution is 2.26. The van der Waals surface area contributed by atoms with Gasteiger partial charge in [0, 0.05) is 30.9 Å². The van der Waals surface area contributed by atoms with E-state index < -0.39 is 40.6 Å². The maximum atomic E-state index is 12.5. The maximum Gasteiger partial charge on any atom is 0.343 e. The second-order valence-electron chi connectivity index (χ2n) is 7.27. The van der Waals surface area contributed by atoms with Crippen molar-refractivity contribution in [2.24, 2.45) is 5.73 Å². The number of rotatable bonds is 12. The van der Waals surface area contributed by atoms with Gasteiger partial charge in [-0.2, -0.15) is 17.4 Å². The van der Waals surface area contributed by atoms with Crippen LogP contribution in [-0.4, -0.2) is 67.0 Å². The molecule has 0 aliphatic heterocycles. The minimum atomic E-state index is -4.38. The molecule has 1 atom stereocenters. The molecule has 2 aromatic rings. The molecule has 0 saturated heterocycles. The summed E-state index contributed by atoms with van der Waals surface area (Å²) in [5.74, 6) is -3.74. The monoisotopic (exact) mass is 523 g/mol. The smallest absolute Gasteiger partial charge is 0.343 e. The number of anilines is 1. The fraction of sp³-hybridized carbons (Fsp3) is 0.238. The van der Waals surface area contributed by atoms with Crippen molar-refractivity contribution in [3.63, 3.8) is 0 Å². The van der Waals surface area contributed by atoms with Crippen LogP contribution in [0.1, 0.15) is 22.3 Å². The van der Waals surface area contributed by atoms with E-state index in [9.17, 15) is 27.9 Å². The van der Waals surface area contributed by atoms with E-state index >= 15 is 0 Å². The molecule has 0 aliphatic carbocycles. The first-order valence-electron chi connectivity index (χ1n) is 10.1. The molecule has 0 aromatic heterocycles. The second-order valence-corrected chi connectivity index (χ2v) is 9.09. The van der Waals surface area contributed by atoms with Crippen LogP contribution in [-0.2, 0) is 26.3 Å². The van der Waals surface area contributed by atoms with Crippen LogP contribution in [0.5, 0.6) is 11.5 Å². The molecule has 0 aliphatic rings. The Labute approximate surface area is 206 Å². The average Bonchev–Trinajstić information content (AvgIpc) is 2.80. The standard InChI is InChI=1S/C21H25N5O9S/c1-26(16(19(29)30)10-18(27)28)36(32,33)24-11-13-5-8-15(9-17(13)34-2)35-20(31)12-3-6-14(7-4-12)25-21(22)23/h3-9,16,24H,10-11H2,1-2H3,(H,27,28)(H,29,30)(H4,22,23,25)/t16-/m0/s1. The number of methoxy groups -OCH3 is 1. The molecule has 0 saturated carbocycles. The molecule has 0 fully saturated rings. The van der Waals surface area contributed by atoms with Gasteiger partial charge in [-0.25, -0.2) is 4.79 Å². The largest absolute Gasteiger partial charge is 0.496 e. The molecule has 36 heavy (non-hydrogen) atoms. The van der Waals surface area contributed by atoms with Crippen molar-refractivity contribution in [2.75, 3.05) is 19.5 Å². The fourth-order valence-electron chi connectivity index (χ4n) is 2.92. The number of carbonyl (C=O) groups excluding carboxylic acids is 1. The molecule has 194 valence electrons. The summed E-state index contributed by atoms with van der Waals surface area (Å²) >= 11 is 0. The third kappa shape index (κ3) is 7.66. The molecule has 0 bridgehead atoms. The summed E-state index contributed by atoms with van der Waals surface area (Å²) in [5.41, 5.74) is 6.31. The summed E-state index contributed by atoms with van der Waals surface area (Å²) in [4.78, 5) is 34.6. The Kier molecular flexibility index (Phi) is 9.32. The van der Waals surface area contributed by atoms with E-state index in [-0.39, 0.29) is 29.6 Å². The van der Waals surface area contributed by atoms with E-state index in [4.69, 9.17) is 25.7 Å². The zero-order valence-electron chi connectivity index (χ0n) is 19.2. The number of esters is 1. The van der Waals surface area contributed by atoms with Crippen LogP contribution in [0.25, 0.3) is 0 Å². The van der Waals surface area contributed by atoms with E-state index in [2.05, 4.69) is 10.0 Å². The number of nitrogens with two attached hydrogens (primary N) is 1. The number of nitrogens with zero attached hydrogens (tertiary/aromatic N) is 1. The number of carboxylic acids is 2. The highest BCUT2D eigenvalue weighted by molar-refractivity contribution is 7.87. The van der Waals surface area contributed by atoms with Gasteiger partial charge < -0.3 is 30.7 Å². The zero-order valence-corrected chi connectivity index (χ0v) is 20.0. The molecular weight excluding hydrogens is 498 g/mol. The van der Waals surface area contributed by atoms with Crippen LogP contribution in [0.15, 0.2) is 42.5 Å². The van der Waals surface area contributed by atoms with Crippen molar-refractivity contribution >= 4 is 39.8 Å². The molecule has 0 radical (unpaired) electrons. The van der Waals surface area contributed by atoms with Gasteiger partial charge in [-0.15, -0.1) is 0 Å². The van der Waals surface area contributed by atoms with Gasteiger partial charge in [-0.1, -0.05) is 6.07 Å². The number of likely N-dealkylation sites (N-methyl/N-ethyl adjacent to an activating group) is 1. The van der Waals surface area contributed by atoms with Gasteiger partial charge in [0.15, 0.2) is 5.96 Å². The Morgan fingerprint density at radius 2 is 1.78 bits per heavy atom. The third-order valence-electron chi connectivity index (χ3n) is 4.78. The lowest BCUT2D eigenvalue weighted by Crippen LogP contribution is -2.48. The van der Waals surface area contributed by atoms with Crippen molar-refractivity contribution in [1.82, 2.24) is 9.03 Å². The third-order valence-corrected chi connectivity index (χ3v) is 6.31. The van der Waals surface area contributed by atoms with E-state index in [1.54, 1.807) is 0 Å². The van der Waals surface area contributed by atoms with E-state index in [0.717, 1.165) is 7.05 Å². The van der Waals surface area contributed by atoms with Gasteiger partial charge in [0.1, 0.15) is 17.5 Å². The minimum absolute atomic E-state index is 0.110. The number of guanidine groups is 1. The molecule has 14 nitrogen and oxygen atoms in total. The number of benzene rings is 2. The Balaban J connectivity index is 2.11. The van der Waals surface area contributed by atoms with Gasteiger partial charge in [-0.05, 0) is 30.3 Å². The van der Waals surface area contributed by atoms with Gasteiger partial charge in [0.25, 0.3) is 10.2 Å². The quantitative estimate of drug-likeness (QED) is 0.0967. The summed E-state index contributed by atoms with van der Waals surface area (Å²) in [6.07, 6.45) is -0.925. The fourth-order valence-corrected chi connectivity index (χ4v) is 3.96. The molecule has 0 unspecified atom stereocenters. The van der Waals surface area contributed by atoms with Crippen LogP contribution in [0.2, 0.25) is 0 Å². The molecule has 0 heterocycles. The molecule has 0 amide bonds. The Morgan fingerprint density at radius 3 is 2.31 bits per heavy atom. The molecule has 0 spiro atoms. The number of nitrogens with one attached hydrogen (secondary N) is 3.